The second-order valence-electron chi connectivity index (χ2n) is 4.94. The molecule has 0 amide bonds. The lowest BCUT2D eigenvalue weighted by Gasteiger charge is -2.30. The van der Waals surface area contributed by atoms with Crippen LogP contribution in [0, 0.1) is 21.8 Å². The predicted molar refractivity (Wildman–Crippen MR) is 68.7 cm³/mol. The third-order valence-electron chi connectivity index (χ3n) is 3.49. The van der Waals surface area contributed by atoms with Crippen molar-refractivity contribution in [3.8, 4) is 0 Å². The number of hydrogen-bond acceptors (Lipinski definition) is 4. The summed E-state index contributed by atoms with van der Waals surface area (Å²) < 4.78 is 13.2. The van der Waals surface area contributed by atoms with Gasteiger partial charge in [0.15, 0.2) is 0 Å². The third-order valence-corrected chi connectivity index (χ3v) is 3.49. The van der Waals surface area contributed by atoms with E-state index in [2.05, 4.69) is 0 Å². The summed E-state index contributed by atoms with van der Waals surface area (Å²) in [7, 11) is 0. The maximum absolute atomic E-state index is 13.2. The van der Waals surface area contributed by atoms with Crippen LogP contribution in [-0.2, 0) is 11.3 Å². The average Bonchev–Trinajstić information content (AvgIpc) is 2.38. The lowest BCUT2D eigenvalue weighted by atomic mass is 9.97. The molecule has 0 spiro atoms. The highest BCUT2D eigenvalue weighted by molar-refractivity contribution is 5.70. The number of nitro benzene ring substituents is 1. The van der Waals surface area contributed by atoms with Gasteiger partial charge in [-0.15, -0.1) is 0 Å². The number of aliphatic carboxylic acids is 1. The lowest BCUT2D eigenvalue weighted by molar-refractivity contribution is -0.385. The van der Waals surface area contributed by atoms with Crippen LogP contribution < -0.4 is 0 Å². The number of nitro groups is 1. The number of nitrogens with zero attached hydrogens (tertiary/aromatic N) is 2. The number of piperidine rings is 1. The van der Waals surface area contributed by atoms with Crippen LogP contribution in [0.3, 0.4) is 0 Å². The molecule has 0 aromatic heterocycles. The zero-order valence-corrected chi connectivity index (χ0v) is 10.8. The quantitative estimate of drug-likeness (QED) is 0.674. The summed E-state index contributed by atoms with van der Waals surface area (Å²) in [6.07, 6.45) is 1.33. The number of carbonyl (C=O) groups is 1. The van der Waals surface area contributed by atoms with E-state index in [0.29, 0.717) is 19.5 Å². The Morgan fingerprint density at radius 2 is 2.30 bits per heavy atom. The average molecular weight is 282 g/mol. The molecular formula is C13H15FN2O4. The van der Waals surface area contributed by atoms with Crippen molar-refractivity contribution in [1.29, 1.82) is 0 Å². The van der Waals surface area contributed by atoms with Gasteiger partial charge in [0, 0.05) is 24.7 Å². The van der Waals surface area contributed by atoms with Gasteiger partial charge in [-0.3, -0.25) is 19.8 Å². The number of hydrogen-bond donors (Lipinski definition) is 1. The highest BCUT2D eigenvalue weighted by atomic mass is 19.1. The molecule has 1 saturated heterocycles. The van der Waals surface area contributed by atoms with Gasteiger partial charge < -0.3 is 5.11 Å². The Morgan fingerprint density at radius 3 is 2.95 bits per heavy atom. The Bertz CT molecular complexity index is 535. The summed E-state index contributed by atoms with van der Waals surface area (Å²) >= 11 is 0. The molecule has 1 heterocycles. The molecule has 108 valence electrons. The van der Waals surface area contributed by atoms with Crippen molar-refractivity contribution in [3.63, 3.8) is 0 Å². The lowest BCUT2D eigenvalue weighted by Crippen LogP contribution is -2.38. The van der Waals surface area contributed by atoms with Crippen molar-refractivity contribution < 1.29 is 19.2 Å². The maximum atomic E-state index is 13.2. The van der Waals surface area contributed by atoms with Crippen molar-refractivity contribution in [1.82, 2.24) is 4.90 Å². The van der Waals surface area contributed by atoms with Crippen molar-refractivity contribution in [2.75, 3.05) is 13.1 Å². The van der Waals surface area contributed by atoms with Crippen LogP contribution in [0.25, 0.3) is 0 Å². The van der Waals surface area contributed by atoms with Crippen LogP contribution in [-0.4, -0.2) is 34.0 Å². The Morgan fingerprint density at radius 1 is 1.55 bits per heavy atom. The molecule has 2 rings (SSSR count). The first-order valence-electron chi connectivity index (χ1n) is 6.35. The molecule has 1 aromatic rings. The topological polar surface area (TPSA) is 83.7 Å². The van der Waals surface area contributed by atoms with Gasteiger partial charge in [0.1, 0.15) is 5.82 Å². The molecule has 0 saturated carbocycles. The molecule has 20 heavy (non-hydrogen) atoms. The number of benzene rings is 1. The van der Waals surface area contributed by atoms with Crippen LogP contribution in [0.1, 0.15) is 18.4 Å². The van der Waals surface area contributed by atoms with E-state index in [-0.39, 0.29) is 17.8 Å². The van der Waals surface area contributed by atoms with E-state index in [4.69, 9.17) is 5.11 Å². The van der Waals surface area contributed by atoms with Gasteiger partial charge in [-0.1, -0.05) is 0 Å². The molecule has 6 nitrogen and oxygen atoms in total. The molecule has 1 fully saturated rings. The Balaban J connectivity index is 2.15. The Kier molecular flexibility index (Phi) is 4.29. The summed E-state index contributed by atoms with van der Waals surface area (Å²) in [5.74, 6) is -1.85. The molecule has 1 unspecified atom stereocenters. The molecule has 0 radical (unpaired) electrons. The van der Waals surface area contributed by atoms with E-state index in [1.54, 1.807) is 0 Å². The van der Waals surface area contributed by atoms with E-state index in [1.807, 2.05) is 4.90 Å². The summed E-state index contributed by atoms with van der Waals surface area (Å²) in [5, 5.41) is 19.9. The molecular weight excluding hydrogens is 267 g/mol. The summed E-state index contributed by atoms with van der Waals surface area (Å²) in [5.41, 5.74) is 0.143. The predicted octanol–water partition coefficient (Wildman–Crippen LogP) is 2.03. The van der Waals surface area contributed by atoms with Crippen molar-refractivity contribution in [2.45, 2.75) is 19.4 Å². The summed E-state index contributed by atoms with van der Waals surface area (Å²) in [4.78, 5) is 23.2. The van der Waals surface area contributed by atoms with Gasteiger partial charge >= 0.3 is 5.97 Å². The minimum Gasteiger partial charge on any atom is -0.481 e. The zero-order chi connectivity index (χ0) is 14.7. The van der Waals surface area contributed by atoms with Gasteiger partial charge in [0.2, 0.25) is 0 Å². The van der Waals surface area contributed by atoms with Crippen molar-refractivity contribution in [2.24, 2.45) is 5.92 Å². The van der Waals surface area contributed by atoms with Gasteiger partial charge in [0.25, 0.3) is 5.69 Å². The van der Waals surface area contributed by atoms with E-state index in [0.717, 1.165) is 24.6 Å². The number of rotatable bonds is 4. The molecule has 1 aromatic carbocycles. The number of carboxylic acids is 1. The number of carboxylic acid groups (broad SMARTS) is 1. The monoisotopic (exact) mass is 282 g/mol. The first kappa shape index (κ1) is 14.4. The van der Waals surface area contributed by atoms with Crippen LogP contribution in [0.15, 0.2) is 18.2 Å². The normalized spacial score (nSPS) is 19.8. The van der Waals surface area contributed by atoms with Crippen LogP contribution in [0.4, 0.5) is 10.1 Å². The fourth-order valence-electron chi connectivity index (χ4n) is 2.50. The van der Waals surface area contributed by atoms with Gasteiger partial charge in [-0.2, -0.15) is 0 Å². The molecule has 1 atom stereocenters. The van der Waals surface area contributed by atoms with Crippen LogP contribution >= 0.6 is 0 Å². The smallest absolute Gasteiger partial charge is 0.307 e. The van der Waals surface area contributed by atoms with E-state index < -0.39 is 22.6 Å². The zero-order valence-electron chi connectivity index (χ0n) is 10.8. The SMILES string of the molecule is O=C(O)C1CCCN(Cc2cc(F)ccc2[N+](=O)[O-])C1. The first-order chi connectivity index (χ1) is 9.47. The molecule has 1 aliphatic rings. The van der Waals surface area contributed by atoms with Gasteiger partial charge in [-0.05, 0) is 31.5 Å². The highest BCUT2D eigenvalue weighted by Gasteiger charge is 2.26. The van der Waals surface area contributed by atoms with Crippen LogP contribution in [0.5, 0.6) is 0 Å². The molecule has 0 aliphatic carbocycles. The van der Waals surface area contributed by atoms with E-state index in [9.17, 15) is 19.3 Å². The molecule has 1 N–H and O–H groups in total. The first-order valence-corrected chi connectivity index (χ1v) is 6.35. The number of likely N-dealkylation sites (tertiary alicyclic amines) is 1. The van der Waals surface area contributed by atoms with Crippen LogP contribution in [0.2, 0.25) is 0 Å². The Labute approximate surface area is 115 Å². The Hall–Kier alpha value is -2.02. The standard InChI is InChI=1S/C13H15FN2O4/c14-11-3-4-12(16(19)20)10(6-11)8-15-5-1-2-9(7-15)13(17)18/h3-4,6,9H,1-2,5,7-8H2,(H,17,18). The maximum Gasteiger partial charge on any atom is 0.307 e. The van der Waals surface area contributed by atoms with E-state index in [1.165, 1.54) is 0 Å². The molecule has 0 bridgehead atoms. The molecule has 1 aliphatic heterocycles. The van der Waals surface area contributed by atoms with Crippen molar-refractivity contribution in [3.05, 3.63) is 39.7 Å². The fraction of sp³-hybridized carbons (Fsp3) is 0.462. The minimum atomic E-state index is -0.858. The minimum absolute atomic E-state index is 0.135. The van der Waals surface area contributed by atoms with Crippen molar-refractivity contribution >= 4 is 11.7 Å². The highest BCUT2D eigenvalue weighted by Crippen LogP contribution is 2.24. The summed E-state index contributed by atoms with van der Waals surface area (Å²) in [6.45, 7) is 1.19. The van der Waals surface area contributed by atoms with Gasteiger partial charge in [-0.25, -0.2) is 4.39 Å². The second-order valence-corrected chi connectivity index (χ2v) is 4.94. The fourth-order valence-corrected chi connectivity index (χ4v) is 2.50. The van der Waals surface area contributed by atoms with Gasteiger partial charge in [0.05, 0.1) is 10.8 Å². The molecule has 7 heteroatoms. The largest absolute Gasteiger partial charge is 0.481 e. The third kappa shape index (κ3) is 3.30. The second kappa shape index (κ2) is 5.96. The van der Waals surface area contributed by atoms with E-state index >= 15 is 0 Å². The number of halogens is 1. The summed E-state index contributed by atoms with van der Waals surface area (Å²) in [6, 6.07) is 3.34.